The molecule has 1 saturated heterocycles. The van der Waals surface area contributed by atoms with Gasteiger partial charge in [-0.25, -0.2) is 9.59 Å². The number of hydrogen-bond donors (Lipinski definition) is 6. The second kappa shape index (κ2) is 15.1. The normalized spacial score (nSPS) is 14.6. The second-order valence-corrected chi connectivity index (χ2v) is 14.7. The number of piperazine rings is 1. The fourth-order valence-electron chi connectivity index (χ4n) is 5.62. The minimum atomic E-state index is -4.98. The highest BCUT2D eigenvalue weighted by Gasteiger charge is 2.23. The van der Waals surface area contributed by atoms with Crippen LogP contribution in [0, 0.1) is 0 Å². The number of phenols is 1. The van der Waals surface area contributed by atoms with E-state index in [0.29, 0.717) is 12.2 Å². The number of benzene rings is 5. The van der Waals surface area contributed by atoms with Gasteiger partial charge in [0.15, 0.2) is 5.75 Å². The van der Waals surface area contributed by atoms with Crippen LogP contribution in [-0.4, -0.2) is 97.0 Å². The Kier molecular flexibility index (Phi) is 10.6. The molecule has 0 saturated carbocycles. The third-order valence-electron chi connectivity index (χ3n) is 8.29. The molecule has 0 amide bonds. The molecule has 1 fully saturated rings. The molecule has 0 radical (unpaired) electrons. The molecule has 1 aliphatic heterocycles. The average Bonchev–Trinajstić information content (AvgIpc) is 3.13. The molecule has 0 atom stereocenters. The van der Waals surface area contributed by atoms with Gasteiger partial charge in [-0.1, -0.05) is 12.1 Å². The minimum absolute atomic E-state index is 0.00867. The van der Waals surface area contributed by atoms with Crippen molar-refractivity contribution in [3.05, 3.63) is 83.9 Å². The van der Waals surface area contributed by atoms with Gasteiger partial charge in [0.05, 0.1) is 38.8 Å². The van der Waals surface area contributed by atoms with Crippen molar-refractivity contribution in [2.24, 2.45) is 25.4 Å². The summed E-state index contributed by atoms with van der Waals surface area (Å²) >= 11 is 0. The topological polar surface area (TPSA) is 281 Å². The van der Waals surface area contributed by atoms with Gasteiger partial charge in [-0.2, -0.15) is 21.9 Å². The van der Waals surface area contributed by atoms with Gasteiger partial charge >= 0.3 is 11.9 Å². The first-order chi connectivity index (χ1) is 25.6. The molecule has 5 aromatic carbocycles. The lowest BCUT2D eigenvalue weighted by Gasteiger charge is -2.25. The standard InChI is InChI=1S/C34H29N7O11S2/c42-32-26-17-22(36-9-12-41-10-7-35-8-11-41)2-1-19(26)16-30(54(50,51)52)31(32)40-39-29-6-5-28(25-4-3-24(18-27(25)29)53(47,48)49)38-37-23-14-20(33(43)44)13-21(15-23)34(45)46/h1-6,9,13-18,35,42H,7-8,10-12H2,(H,43,44)(H,45,46)(H,47,48,49)(H,50,51,52). The smallest absolute Gasteiger partial charge is 0.335 e. The van der Waals surface area contributed by atoms with E-state index in [-0.39, 0.29) is 49.7 Å². The number of hydrogen-bond acceptors (Lipinski definition) is 14. The van der Waals surface area contributed by atoms with Crippen molar-refractivity contribution in [3.63, 3.8) is 0 Å². The van der Waals surface area contributed by atoms with Crippen molar-refractivity contribution >= 4 is 88.4 Å². The monoisotopic (exact) mass is 775 g/mol. The van der Waals surface area contributed by atoms with Gasteiger partial charge in [0.2, 0.25) is 0 Å². The van der Waals surface area contributed by atoms with Crippen LogP contribution in [0.3, 0.4) is 0 Å². The van der Waals surface area contributed by atoms with Crippen molar-refractivity contribution in [1.29, 1.82) is 0 Å². The zero-order chi connectivity index (χ0) is 38.8. The largest absolute Gasteiger partial charge is 0.505 e. The lowest BCUT2D eigenvalue weighted by atomic mass is 10.1. The number of phenolic OH excluding ortho intramolecular Hbond substituents is 1. The number of rotatable bonds is 11. The predicted octanol–water partition coefficient (Wildman–Crippen LogP) is 6.03. The first-order valence-corrected chi connectivity index (χ1v) is 18.7. The molecule has 1 heterocycles. The van der Waals surface area contributed by atoms with Crippen LogP contribution in [0.4, 0.5) is 28.4 Å². The number of nitrogens with one attached hydrogen (secondary N) is 1. The van der Waals surface area contributed by atoms with Gasteiger partial charge in [0, 0.05) is 55.1 Å². The molecule has 0 unspecified atom stereocenters. The Morgan fingerprint density at radius 3 is 1.98 bits per heavy atom. The molecular weight excluding hydrogens is 747 g/mol. The van der Waals surface area contributed by atoms with Crippen LogP contribution >= 0.6 is 0 Å². The van der Waals surface area contributed by atoms with Gasteiger partial charge in [-0.3, -0.25) is 19.0 Å². The van der Waals surface area contributed by atoms with Crippen LogP contribution in [0.1, 0.15) is 20.7 Å². The van der Waals surface area contributed by atoms with E-state index in [1.165, 1.54) is 30.3 Å². The van der Waals surface area contributed by atoms with Gasteiger partial charge in [0.25, 0.3) is 20.2 Å². The molecule has 1 aliphatic rings. The zero-order valence-corrected chi connectivity index (χ0v) is 29.4. The van der Waals surface area contributed by atoms with Gasteiger partial charge < -0.3 is 20.6 Å². The number of aromatic carboxylic acids is 2. The van der Waals surface area contributed by atoms with Crippen molar-refractivity contribution in [2.45, 2.75) is 9.79 Å². The van der Waals surface area contributed by atoms with Crippen LogP contribution < -0.4 is 5.32 Å². The van der Waals surface area contributed by atoms with E-state index in [4.69, 9.17) is 0 Å². The summed E-state index contributed by atoms with van der Waals surface area (Å²) in [6, 6.07) is 14.8. The molecule has 5 aromatic rings. The summed E-state index contributed by atoms with van der Waals surface area (Å²) in [5, 5.41) is 50.0. The predicted molar refractivity (Wildman–Crippen MR) is 195 cm³/mol. The molecule has 20 heteroatoms. The molecular formula is C34H29N7O11S2. The molecule has 278 valence electrons. The maximum Gasteiger partial charge on any atom is 0.335 e. The Morgan fingerprint density at radius 2 is 1.35 bits per heavy atom. The highest BCUT2D eigenvalue weighted by Crippen LogP contribution is 2.43. The van der Waals surface area contributed by atoms with Crippen molar-refractivity contribution < 1.29 is 50.8 Å². The highest BCUT2D eigenvalue weighted by atomic mass is 32.2. The van der Waals surface area contributed by atoms with Crippen LogP contribution in [0.5, 0.6) is 5.75 Å². The molecule has 54 heavy (non-hydrogen) atoms. The Hall–Kier alpha value is -6.03. The van der Waals surface area contributed by atoms with E-state index < -0.39 is 53.4 Å². The Bertz CT molecular complexity index is 2630. The van der Waals surface area contributed by atoms with Crippen molar-refractivity contribution in [3.8, 4) is 5.75 Å². The summed E-state index contributed by atoms with van der Waals surface area (Å²) in [6.45, 7) is 4.02. The fourth-order valence-corrected chi connectivity index (χ4v) is 6.78. The molecule has 0 aromatic heterocycles. The molecule has 0 spiro atoms. The number of azo groups is 2. The van der Waals surface area contributed by atoms with Crippen LogP contribution in [-0.2, 0) is 20.2 Å². The van der Waals surface area contributed by atoms with Crippen LogP contribution in [0.2, 0.25) is 0 Å². The van der Waals surface area contributed by atoms with Gasteiger partial charge in [0.1, 0.15) is 10.6 Å². The van der Waals surface area contributed by atoms with Gasteiger partial charge in [-0.15, -0.1) is 15.3 Å². The lowest BCUT2D eigenvalue weighted by Crippen LogP contribution is -2.44. The first-order valence-electron chi connectivity index (χ1n) is 15.8. The SMILES string of the molecule is O=C(O)c1cc(N=Nc2ccc(N=Nc3c(S(=O)(=O)O)cc4ccc(N=CCN5CCNCC5)cc4c3O)c3cc(S(=O)(=O)O)ccc23)cc(C(=O)O)c1. The zero-order valence-electron chi connectivity index (χ0n) is 27.7. The Balaban J connectivity index is 1.43. The van der Waals surface area contributed by atoms with E-state index >= 15 is 0 Å². The molecule has 0 bridgehead atoms. The van der Waals surface area contributed by atoms with Crippen LogP contribution in [0.15, 0.2) is 108 Å². The fraction of sp³-hybridized carbons (Fsp3) is 0.147. The third-order valence-corrected chi connectivity index (χ3v) is 10.0. The minimum Gasteiger partial charge on any atom is -0.505 e. The Morgan fingerprint density at radius 1 is 0.704 bits per heavy atom. The number of aliphatic imine (C=N–C) groups is 1. The van der Waals surface area contributed by atoms with Crippen LogP contribution in [0.25, 0.3) is 21.5 Å². The van der Waals surface area contributed by atoms with E-state index in [1.54, 1.807) is 12.3 Å². The van der Waals surface area contributed by atoms with Crippen molar-refractivity contribution in [1.82, 2.24) is 10.2 Å². The first kappa shape index (κ1) is 37.7. The Labute approximate surface area is 306 Å². The summed E-state index contributed by atoms with van der Waals surface area (Å²) in [5.74, 6) is -3.46. The highest BCUT2D eigenvalue weighted by molar-refractivity contribution is 7.86. The molecule has 6 rings (SSSR count). The maximum absolute atomic E-state index is 12.5. The summed E-state index contributed by atoms with van der Waals surface area (Å²) in [7, 11) is -9.74. The average molecular weight is 776 g/mol. The number of carboxylic acid groups (broad SMARTS) is 2. The van der Waals surface area contributed by atoms with E-state index in [2.05, 4.69) is 35.7 Å². The molecule has 0 aliphatic carbocycles. The third kappa shape index (κ3) is 8.44. The lowest BCUT2D eigenvalue weighted by molar-refractivity contribution is 0.0696. The summed E-state index contributed by atoms with van der Waals surface area (Å²) in [5.41, 5.74) is -1.10. The maximum atomic E-state index is 12.5. The van der Waals surface area contributed by atoms with E-state index in [0.717, 1.165) is 62.6 Å². The van der Waals surface area contributed by atoms with E-state index in [1.807, 2.05) is 0 Å². The molecule has 6 N–H and O–H groups in total. The summed E-state index contributed by atoms with van der Waals surface area (Å²) < 4.78 is 68.9. The number of aromatic hydroxyl groups is 1. The van der Waals surface area contributed by atoms with Gasteiger partial charge in [-0.05, 0) is 66.0 Å². The quantitative estimate of drug-likeness (QED) is 0.0509. The van der Waals surface area contributed by atoms with Crippen molar-refractivity contribution in [2.75, 3.05) is 32.7 Å². The number of carbonyl (C=O) groups is 2. The number of nitrogens with zero attached hydrogens (tertiary/aromatic N) is 6. The number of carboxylic acids is 2. The summed E-state index contributed by atoms with van der Waals surface area (Å²) in [4.78, 5) is 28.4. The summed E-state index contributed by atoms with van der Waals surface area (Å²) in [6.07, 6.45) is 1.71. The second-order valence-electron chi connectivity index (χ2n) is 11.9. The molecule has 18 nitrogen and oxygen atoms in total. The number of fused-ring (bicyclic) bond motifs is 2. The van der Waals surface area contributed by atoms with E-state index in [9.17, 15) is 50.8 Å².